The zero-order chi connectivity index (χ0) is 14.9. The molecule has 1 unspecified atom stereocenters. The summed E-state index contributed by atoms with van der Waals surface area (Å²) in [4.78, 5) is 15.2. The van der Waals surface area contributed by atoms with Crippen molar-refractivity contribution in [2.75, 3.05) is 12.8 Å². The first-order chi connectivity index (χ1) is 9.41. The molecule has 2 aromatic rings. The quantitative estimate of drug-likeness (QED) is 0.845. The van der Waals surface area contributed by atoms with Crippen LogP contribution in [0.15, 0.2) is 29.6 Å². The molecule has 0 aliphatic carbocycles. The third-order valence-electron chi connectivity index (χ3n) is 3.16. The van der Waals surface area contributed by atoms with Gasteiger partial charge in [-0.2, -0.15) is 0 Å². The number of nitrogens with two attached hydrogens (primary N) is 1. The van der Waals surface area contributed by atoms with Crippen molar-refractivity contribution in [1.29, 1.82) is 0 Å². The molecular weight excluding hydrogens is 315 g/mol. The number of carbonyl (C=O) groups is 1. The highest BCUT2D eigenvalue weighted by Gasteiger charge is 2.21. The van der Waals surface area contributed by atoms with E-state index in [1.165, 1.54) is 0 Å². The van der Waals surface area contributed by atoms with Crippen molar-refractivity contribution in [1.82, 2.24) is 4.90 Å². The van der Waals surface area contributed by atoms with Crippen LogP contribution in [-0.2, 0) is 0 Å². The van der Waals surface area contributed by atoms with Crippen molar-refractivity contribution < 1.29 is 4.79 Å². The maximum absolute atomic E-state index is 12.5. The first kappa shape index (κ1) is 15.2. The molecule has 0 radical (unpaired) electrons. The molecule has 1 amide bonds. The van der Waals surface area contributed by atoms with Gasteiger partial charge in [0.15, 0.2) is 0 Å². The van der Waals surface area contributed by atoms with Crippen molar-refractivity contribution in [3.8, 4) is 0 Å². The van der Waals surface area contributed by atoms with E-state index in [4.69, 9.17) is 28.9 Å². The number of carbonyl (C=O) groups excluding carboxylic acids is 1. The molecule has 0 aliphatic rings. The van der Waals surface area contributed by atoms with Gasteiger partial charge in [0.2, 0.25) is 0 Å². The molecular formula is C14H14Cl2N2OS. The standard InChI is InChI=1S/C14H14Cl2N2OS/c1-8(12-4-3-5-20-12)18(2)14(19)9-6-10(15)13(16)11(17)7-9/h3-8H,17H2,1-2H3. The molecule has 0 bridgehead atoms. The normalized spacial score (nSPS) is 12.2. The summed E-state index contributed by atoms with van der Waals surface area (Å²) in [6.45, 7) is 1.98. The molecule has 2 N–H and O–H groups in total. The molecule has 3 nitrogen and oxygen atoms in total. The summed E-state index contributed by atoms with van der Waals surface area (Å²) in [5, 5.41) is 2.55. The first-order valence-corrected chi connectivity index (χ1v) is 7.60. The van der Waals surface area contributed by atoms with Gasteiger partial charge in [-0.1, -0.05) is 29.3 Å². The Morgan fingerprint density at radius 3 is 2.65 bits per heavy atom. The Morgan fingerprint density at radius 2 is 2.10 bits per heavy atom. The largest absolute Gasteiger partial charge is 0.397 e. The van der Waals surface area contributed by atoms with E-state index in [0.717, 1.165) is 4.88 Å². The van der Waals surface area contributed by atoms with Crippen molar-refractivity contribution in [3.05, 3.63) is 50.1 Å². The Balaban J connectivity index is 2.27. The van der Waals surface area contributed by atoms with Gasteiger partial charge in [-0.25, -0.2) is 0 Å². The van der Waals surface area contributed by atoms with Gasteiger partial charge in [-0.15, -0.1) is 11.3 Å². The summed E-state index contributed by atoms with van der Waals surface area (Å²) in [6, 6.07) is 7.04. The number of hydrogen-bond donors (Lipinski definition) is 1. The maximum atomic E-state index is 12.5. The van der Waals surface area contributed by atoms with E-state index < -0.39 is 0 Å². The summed E-state index contributed by atoms with van der Waals surface area (Å²) in [5.74, 6) is -0.142. The van der Waals surface area contributed by atoms with Crippen molar-refractivity contribution in [3.63, 3.8) is 0 Å². The van der Waals surface area contributed by atoms with Crippen LogP contribution in [0.25, 0.3) is 0 Å². The Hall–Kier alpha value is -1.23. The van der Waals surface area contributed by atoms with E-state index in [9.17, 15) is 4.79 Å². The fraction of sp³-hybridized carbons (Fsp3) is 0.214. The van der Waals surface area contributed by atoms with Crippen molar-refractivity contribution in [2.24, 2.45) is 0 Å². The number of anilines is 1. The van der Waals surface area contributed by atoms with Crippen LogP contribution in [0.2, 0.25) is 10.0 Å². The SMILES string of the molecule is CC(c1cccs1)N(C)C(=O)c1cc(N)c(Cl)c(Cl)c1. The molecule has 20 heavy (non-hydrogen) atoms. The topological polar surface area (TPSA) is 46.3 Å². The summed E-state index contributed by atoms with van der Waals surface area (Å²) < 4.78 is 0. The molecule has 0 saturated carbocycles. The second-order valence-corrected chi connectivity index (χ2v) is 6.23. The summed E-state index contributed by atoms with van der Waals surface area (Å²) >= 11 is 13.5. The van der Waals surface area contributed by atoms with E-state index in [2.05, 4.69) is 0 Å². The number of rotatable bonds is 3. The molecule has 0 fully saturated rings. The number of nitrogen functional groups attached to an aromatic ring is 1. The Kier molecular flexibility index (Phi) is 4.58. The van der Waals surface area contributed by atoms with Crippen LogP contribution in [-0.4, -0.2) is 17.9 Å². The summed E-state index contributed by atoms with van der Waals surface area (Å²) in [6.07, 6.45) is 0. The third-order valence-corrected chi connectivity index (χ3v) is 5.02. The Morgan fingerprint density at radius 1 is 1.40 bits per heavy atom. The van der Waals surface area contributed by atoms with E-state index in [1.807, 2.05) is 24.4 Å². The minimum Gasteiger partial charge on any atom is -0.397 e. The van der Waals surface area contributed by atoms with Gasteiger partial charge in [-0.05, 0) is 30.5 Å². The number of thiophene rings is 1. The maximum Gasteiger partial charge on any atom is 0.254 e. The highest BCUT2D eigenvalue weighted by molar-refractivity contribution is 7.10. The summed E-state index contributed by atoms with van der Waals surface area (Å²) in [5.41, 5.74) is 6.48. The van der Waals surface area contributed by atoms with Crippen LogP contribution < -0.4 is 5.73 Å². The monoisotopic (exact) mass is 328 g/mol. The van der Waals surface area contributed by atoms with E-state index in [-0.39, 0.29) is 22.0 Å². The average molecular weight is 329 g/mol. The molecule has 0 spiro atoms. The zero-order valence-corrected chi connectivity index (χ0v) is 13.4. The lowest BCUT2D eigenvalue weighted by Gasteiger charge is -2.24. The second-order valence-electron chi connectivity index (χ2n) is 4.47. The van der Waals surface area contributed by atoms with Gasteiger partial charge in [0.1, 0.15) is 0 Å². The fourth-order valence-corrected chi connectivity index (χ4v) is 3.00. The molecule has 0 aliphatic heterocycles. The summed E-state index contributed by atoms with van der Waals surface area (Å²) in [7, 11) is 1.76. The van der Waals surface area contributed by atoms with Crippen LogP contribution in [0.5, 0.6) is 0 Å². The number of halogens is 2. The van der Waals surface area contributed by atoms with Gasteiger partial charge in [0.05, 0.1) is 21.8 Å². The molecule has 1 aromatic heterocycles. The van der Waals surface area contributed by atoms with Crippen molar-refractivity contribution >= 4 is 46.1 Å². The van der Waals surface area contributed by atoms with Gasteiger partial charge < -0.3 is 10.6 Å². The smallest absolute Gasteiger partial charge is 0.254 e. The first-order valence-electron chi connectivity index (χ1n) is 5.97. The highest BCUT2D eigenvalue weighted by Crippen LogP contribution is 2.31. The molecule has 0 saturated heterocycles. The predicted octanol–water partition coefficient (Wildman–Crippen LogP) is 4.47. The van der Waals surface area contributed by atoms with Gasteiger partial charge >= 0.3 is 0 Å². The minimum atomic E-state index is -0.142. The van der Waals surface area contributed by atoms with E-state index in [1.54, 1.807) is 35.4 Å². The molecule has 106 valence electrons. The van der Waals surface area contributed by atoms with Gasteiger partial charge in [0, 0.05) is 17.5 Å². The fourth-order valence-electron chi connectivity index (χ4n) is 1.83. The number of nitrogens with zero attached hydrogens (tertiary/aromatic N) is 1. The molecule has 1 atom stereocenters. The predicted molar refractivity (Wildman–Crippen MR) is 85.7 cm³/mol. The average Bonchev–Trinajstić information content (AvgIpc) is 2.95. The zero-order valence-electron chi connectivity index (χ0n) is 11.1. The van der Waals surface area contributed by atoms with Crippen LogP contribution in [0.3, 0.4) is 0 Å². The van der Waals surface area contributed by atoms with Crippen LogP contribution in [0.4, 0.5) is 5.69 Å². The highest BCUT2D eigenvalue weighted by atomic mass is 35.5. The minimum absolute atomic E-state index is 0.0156. The van der Waals surface area contributed by atoms with Crippen LogP contribution >= 0.6 is 34.5 Å². The van der Waals surface area contributed by atoms with E-state index in [0.29, 0.717) is 11.3 Å². The number of benzene rings is 1. The van der Waals surface area contributed by atoms with Crippen molar-refractivity contribution in [2.45, 2.75) is 13.0 Å². The lowest BCUT2D eigenvalue weighted by molar-refractivity contribution is 0.0745. The second kappa shape index (κ2) is 6.04. The van der Waals surface area contributed by atoms with Crippen LogP contribution in [0, 0.1) is 0 Å². The van der Waals surface area contributed by atoms with E-state index >= 15 is 0 Å². The molecule has 1 heterocycles. The Labute approximate surface area is 131 Å². The molecule has 6 heteroatoms. The number of hydrogen-bond acceptors (Lipinski definition) is 3. The molecule has 2 rings (SSSR count). The lowest BCUT2D eigenvalue weighted by Crippen LogP contribution is -2.29. The molecule has 1 aromatic carbocycles. The van der Waals surface area contributed by atoms with Gasteiger partial charge in [0.25, 0.3) is 5.91 Å². The Bertz CT molecular complexity index is 605. The third kappa shape index (κ3) is 2.92. The van der Waals surface area contributed by atoms with Crippen LogP contribution in [0.1, 0.15) is 28.2 Å². The van der Waals surface area contributed by atoms with Gasteiger partial charge in [-0.3, -0.25) is 4.79 Å². The number of amides is 1. The lowest BCUT2D eigenvalue weighted by atomic mass is 10.1.